The van der Waals surface area contributed by atoms with Gasteiger partial charge in [0.15, 0.2) is 0 Å². The summed E-state index contributed by atoms with van der Waals surface area (Å²) in [4.78, 5) is 27.0. The van der Waals surface area contributed by atoms with Gasteiger partial charge in [0.25, 0.3) is 5.91 Å². The molecule has 1 rings (SSSR count). The van der Waals surface area contributed by atoms with Gasteiger partial charge in [0.2, 0.25) is 5.91 Å². The molecule has 0 aliphatic heterocycles. The molecule has 0 aromatic carbocycles. The maximum Gasteiger partial charge on any atom is 0.252 e. The average molecular weight is 236 g/mol. The zero-order chi connectivity index (χ0) is 12.8. The lowest BCUT2D eigenvalue weighted by molar-refractivity contribution is -0.122. The van der Waals surface area contributed by atoms with E-state index in [1.54, 1.807) is 26.1 Å². The molecule has 0 bridgehead atoms. The SMILES string of the molecule is CNC(=O)C(C)NC(=O)c1ccnc(NC)c1. The standard InChI is InChI=1S/C11H16N4O2/c1-7(10(16)13-3)15-11(17)8-4-5-14-9(6-8)12-2/h4-7H,1-3H3,(H,12,14)(H,13,16)(H,15,17). The van der Waals surface area contributed by atoms with Crippen LogP contribution in [0.15, 0.2) is 18.3 Å². The van der Waals surface area contributed by atoms with Gasteiger partial charge in [0.05, 0.1) is 0 Å². The number of nitrogens with zero attached hydrogens (tertiary/aromatic N) is 1. The van der Waals surface area contributed by atoms with Gasteiger partial charge in [0.1, 0.15) is 11.9 Å². The molecule has 0 aliphatic carbocycles. The van der Waals surface area contributed by atoms with Crippen molar-refractivity contribution in [1.29, 1.82) is 0 Å². The van der Waals surface area contributed by atoms with Crippen LogP contribution in [0.4, 0.5) is 5.82 Å². The third-order valence-corrected chi connectivity index (χ3v) is 2.27. The molecular formula is C11H16N4O2. The second-order valence-corrected chi connectivity index (χ2v) is 3.49. The van der Waals surface area contributed by atoms with Crippen molar-refractivity contribution in [3.63, 3.8) is 0 Å². The van der Waals surface area contributed by atoms with Crippen LogP contribution < -0.4 is 16.0 Å². The van der Waals surface area contributed by atoms with Crippen molar-refractivity contribution in [1.82, 2.24) is 15.6 Å². The molecule has 1 aromatic rings. The molecule has 6 nitrogen and oxygen atoms in total. The van der Waals surface area contributed by atoms with Gasteiger partial charge < -0.3 is 16.0 Å². The zero-order valence-electron chi connectivity index (χ0n) is 10.1. The van der Waals surface area contributed by atoms with Crippen LogP contribution in [0, 0.1) is 0 Å². The molecule has 0 spiro atoms. The first-order chi connectivity index (χ1) is 8.08. The van der Waals surface area contributed by atoms with E-state index in [4.69, 9.17) is 0 Å². The van der Waals surface area contributed by atoms with E-state index >= 15 is 0 Å². The first-order valence-electron chi connectivity index (χ1n) is 5.24. The minimum Gasteiger partial charge on any atom is -0.373 e. The number of carbonyl (C=O) groups is 2. The first-order valence-corrected chi connectivity index (χ1v) is 5.24. The number of amides is 2. The van der Waals surface area contributed by atoms with Crippen molar-refractivity contribution in [2.24, 2.45) is 0 Å². The maximum absolute atomic E-state index is 11.8. The molecule has 1 atom stereocenters. The average Bonchev–Trinajstić information content (AvgIpc) is 2.37. The Morgan fingerprint density at radius 1 is 1.35 bits per heavy atom. The molecule has 3 N–H and O–H groups in total. The fourth-order valence-electron chi connectivity index (χ4n) is 1.27. The Bertz CT molecular complexity index is 420. The quantitative estimate of drug-likeness (QED) is 0.686. The molecule has 17 heavy (non-hydrogen) atoms. The van der Waals surface area contributed by atoms with E-state index in [2.05, 4.69) is 20.9 Å². The molecule has 92 valence electrons. The van der Waals surface area contributed by atoms with Crippen LogP contribution in [-0.2, 0) is 4.79 Å². The molecule has 0 radical (unpaired) electrons. The van der Waals surface area contributed by atoms with E-state index in [1.807, 2.05) is 0 Å². The highest BCUT2D eigenvalue weighted by atomic mass is 16.2. The molecule has 6 heteroatoms. The number of pyridine rings is 1. The predicted molar refractivity (Wildman–Crippen MR) is 64.8 cm³/mol. The summed E-state index contributed by atoms with van der Waals surface area (Å²) in [6, 6.07) is 2.64. The highest BCUT2D eigenvalue weighted by Gasteiger charge is 2.15. The third-order valence-electron chi connectivity index (χ3n) is 2.27. The molecule has 1 heterocycles. The van der Waals surface area contributed by atoms with Crippen LogP contribution in [0.2, 0.25) is 0 Å². The summed E-state index contributed by atoms with van der Waals surface area (Å²) >= 11 is 0. The fourth-order valence-corrected chi connectivity index (χ4v) is 1.27. The summed E-state index contributed by atoms with van der Waals surface area (Å²) in [5, 5.41) is 7.90. The van der Waals surface area contributed by atoms with Crippen LogP contribution >= 0.6 is 0 Å². The van der Waals surface area contributed by atoms with Crippen LogP contribution in [0.25, 0.3) is 0 Å². The summed E-state index contributed by atoms with van der Waals surface area (Å²) in [6.45, 7) is 1.62. The molecule has 0 saturated carbocycles. The van der Waals surface area contributed by atoms with E-state index in [1.165, 1.54) is 13.2 Å². The molecule has 0 fully saturated rings. The maximum atomic E-state index is 11.8. The minimum atomic E-state index is -0.571. The Labute approximate surface area is 99.8 Å². The number of rotatable bonds is 4. The van der Waals surface area contributed by atoms with Crippen molar-refractivity contribution in [3.8, 4) is 0 Å². The summed E-state index contributed by atoms with van der Waals surface area (Å²) in [6.07, 6.45) is 1.53. The van der Waals surface area contributed by atoms with Gasteiger partial charge in [-0.1, -0.05) is 0 Å². The second-order valence-electron chi connectivity index (χ2n) is 3.49. The van der Waals surface area contributed by atoms with Crippen LogP contribution in [-0.4, -0.2) is 36.9 Å². The topological polar surface area (TPSA) is 83.1 Å². The molecule has 1 aromatic heterocycles. The van der Waals surface area contributed by atoms with Crippen molar-refractivity contribution in [2.45, 2.75) is 13.0 Å². The molecule has 0 aliphatic rings. The summed E-state index contributed by atoms with van der Waals surface area (Å²) < 4.78 is 0. The largest absolute Gasteiger partial charge is 0.373 e. The lowest BCUT2D eigenvalue weighted by Gasteiger charge is -2.12. The van der Waals surface area contributed by atoms with Crippen molar-refractivity contribution in [2.75, 3.05) is 19.4 Å². The number of aromatic nitrogens is 1. The molecule has 1 unspecified atom stereocenters. The minimum absolute atomic E-state index is 0.235. The smallest absolute Gasteiger partial charge is 0.252 e. The summed E-state index contributed by atoms with van der Waals surface area (Å²) in [7, 11) is 3.24. The lowest BCUT2D eigenvalue weighted by atomic mass is 10.2. The number of likely N-dealkylation sites (N-methyl/N-ethyl adjacent to an activating group) is 1. The Balaban J connectivity index is 2.72. The Kier molecular flexibility index (Phi) is 4.45. The second kappa shape index (κ2) is 5.83. The highest BCUT2D eigenvalue weighted by Crippen LogP contribution is 2.05. The highest BCUT2D eigenvalue weighted by molar-refractivity contribution is 5.97. The lowest BCUT2D eigenvalue weighted by Crippen LogP contribution is -2.43. The number of hydrogen-bond donors (Lipinski definition) is 3. The summed E-state index contributed by atoms with van der Waals surface area (Å²) in [5.74, 6) is 0.0616. The van der Waals surface area contributed by atoms with Crippen LogP contribution in [0.1, 0.15) is 17.3 Å². The van der Waals surface area contributed by atoms with Gasteiger partial charge in [-0.05, 0) is 19.1 Å². The van der Waals surface area contributed by atoms with Gasteiger partial charge >= 0.3 is 0 Å². The number of anilines is 1. The van der Waals surface area contributed by atoms with Gasteiger partial charge in [-0.3, -0.25) is 9.59 Å². The van der Waals surface area contributed by atoms with Crippen molar-refractivity contribution >= 4 is 17.6 Å². The summed E-state index contributed by atoms with van der Waals surface area (Å²) in [5.41, 5.74) is 0.458. The first kappa shape index (κ1) is 13.0. The van der Waals surface area contributed by atoms with Crippen molar-refractivity contribution in [3.05, 3.63) is 23.9 Å². The number of hydrogen-bond acceptors (Lipinski definition) is 4. The molecule has 0 saturated heterocycles. The van der Waals surface area contributed by atoms with E-state index < -0.39 is 6.04 Å². The van der Waals surface area contributed by atoms with Crippen LogP contribution in [0.5, 0.6) is 0 Å². The van der Waals surface area contributed by atoms with E-state index in [9.17, 15) is 9.59 Å². The van der Waals surface area contributed by atoms with Gasteiger partial charge in [0, 0.05) is 25.9 Å². The van der Waals surface area contributed by atoms with E-state index in [-0.39, 0.29) is 11.8 Å². The Morgan fingerprint density at radius 3 is 2.65 bits per heavy atom. The Hall–Kier alpha value is -2.11. The van der Waals surface area contributed by atoms with Gasteiger partial charge in [-0.25, -0.2) is 4.98 Å². The monoisotopic (exact) mass is 236 g/mol. The van der Waals surface area contributed by atoms with E-state index in [0.29, 0.717) is 11.4 Å². The van der Waals surface area contributed by atoms with Gasteiger partial charge in [-0.15, -0.1) is 0 Å². The Morgan fingerprint density at radius 2 is 2.06 bits per heavy atom. The van der Waals surface area contributed by atoms with Gasteiger partial charge in [-0.2, -0.15) is 0 Å². The fraction of sp³-hybridized carbons (Fsp3) is 0.364. The van der Waals surface area contributed by atoms with E-state index in [0.717, 1.165) is 0 Å². The number of nitrogens with one attached hydrogen (secondary N) is 3. The van der Waals surface area contributed by atoms with Crippen molar-refractivity contribution < 1.29 is 9.59 Å². The third kappa shape index (κ3) is 3.44. The molecule has 2 amide bonds. The predicted octanol–water partition coefficient (Wildman–Crippen LogP) is -0.0124. The normalized spacial score (nSPS) is 11.5. The number of carbonyl (C=O) groups excluding carboxylic acids is 2. The van der Waals surface area contributed by atoms with Crippen LogP contribution in [0.3, 0.4) is 0 Å². The molecular weight excluding hydrogens is 220 g/mol. The zero-order valence-corrected chi connectivity index (χ0v) is 10.1.